The van der Waals surface area contributed by atoms with E-state index in [9.17, 15) is 9.90 Å². The zero-order valence-corrected chi connectivity index (χ0v) is 17.8. The van der Waals surface area contributed by atoms with E-state index in [0.717, 1.165) is 28.9 Å². The Balaban J connectivity index is 2.53. The standard InChI is InChI=1S/C19H29BrN2O3/c1-10(2)13-8-22(9-13)16-14(11(3)21-12(4)15(16)20)17(18(23)24)25-19(5,6)7/h10,13,17H,8-9H2,1-7H3,(H,23,24). The van der Waals surface area contributed by atoms with Gasteiger partial charge in [0.15, 0.2) is 6.10 Å². The molecule has 1 fully saturated rings. The number of carbonyl (C=O) groups is 1. The first-order chi connectivity index (χ1) is 11.4. The Morgan fingerprint density at radius 2 is 1.84 bits per heavy atom. The van der Waals surface area contributed by atoms with Crippen LogP contribution in [-0.2, 0) is 9.53 Å². The highest BCUT2D eigenvalue weighted by Crippen LogP contribution is 2.43. The number of carboxylic acids is 1. The molecule has 5 nitrogen and oxygen atoms in total. The number of carboxylic acid groups (broad SMARTS) is 1. The lowest BCUT2D eigenvalue weighted by Gasteiger charge is -2.45. The van der Waals surface area contributed by atoms with Crippen LogP contribution in [-0.4, -0.2) is 34.8 Å². The van der Waals surface area contributed by atoms with E-state index >= 15 is 0 Å². The lowest BCUT2D eigenvalue weighted by molar-refractivity contribution is -0.160. The van der Waals surface area contributed by atoms with Gasteiger partial charge >= 0.3 is 5.97 Å². The van der Waals surface area contributed by atoms with E-state index in [1.807, 2.05) is 34.6 Å². The molecule has 0 radical (unpaired) electrons. The predicted molar refractivity (Wildman–Crippen MR) is 103 cm³/mol. The minimum atomic E-state index is -1.04. The van der Waals surface area contributed by atoms with Crippen molar-refractivity contribution in [1.29, 1.82) is 0 Å². The number of hydrogen-bond donors (Lipinski definition) is 1. The van der Waals surface area contributed by atoms with E-state index in [-0.39, 0.29) is 0 Å². The molecule has 1 aliphatic rings. The van der Waals surface area contributed by atoms with Gasteiger partial charge in [-0.3, -0.25) is 4.98 Å². The maximum Gasteiger partial charge on any atom is 0.337 e. The van der Waals surface area contributed by atoms with E-state index in [0.29, 0.717) is 23.1 Å². The summed E-state index contributed by atoms with van der Waals surface area (Å²) in [6.45, 7) is 15.7. The van der Waals surface area contributed by atoms with Gasteiger partial charge in [0.1, 0.15) is 0 Å². The second-order valence-corrected chi connectivity index (χ2v) is 9.01. The van der Waals surface area contributed by atoms with E-state index in [1.54, 1.807) is 0 Å². The van der Waals surface area contributed by atoms with E-state index in [2.05, 4.69) is 39.7 Å². The second-order valence-electron chi connectivity index (χ2n) is 8.22. The van der Waals surface area contributed by atoms with Crippen molar-refractivity contribution in [2.75, 3.05) is 18.0 Å². The van der Waals surface area contributed by atoms with Crippen LogP contribution in [0.1, 0.15) is 57.7 Å². The number of aromatic nitrogens is 1. The molecule has 1 atom stereocenters. The Labute approximate surface area is 158 Å². The lowest BCUT2D eigenvalue weighted by atomic mass is 9.87. The van der Waals surface area contributed by atoms with Gasteiger partial charge in [0.25, 0.3) is 0 Å². The fraction of sp³-hybridized carbons (Fsp3) is 0.684. The van der Waals surface area contributed by atoms with Crippen LogP contribution in [0.4, 0.5) is 5.69 Å². The molecule has 0 aromatic carbocycles. The Morgan fingerprint density at radius 3 is 2.28 bits per heavy atom. The van der Waals surface area contributed by atoms with Crippen molar-refractivity contribution in [1.82, 2.24) is 4.98 Å². The summed E-state index contributed by atoms with van der Waals surface area (Å²) in [4.78, 5) is 18.8. The van der Waals surface area contributed by atoms with Crippen molar-refractivity contribution in [2.24, 2.45) is 11.8 Å². The third-order valence-electron chi connectivity index (χ3n) is 4.63. The molecule has 1 unspecified atom stereocenters. The Morgan fingerprint density at radius 1 is 1.28 bits per heavy atom. The average Bonchev–Trinajstić information content (AvgIpc) is 2.39. The van der Waals surface area contributed by atoms with Crippen LogP contribution in [0.5, 0.6) is 0 Å². The van der Waals surface area contributed by atoms with Crippen LogP contribution in [0, 0.1) is 25.7 Å². The zero-order valence-electron chi connectivity index (χ0n) is 16.2. The summed E-state index contributed by atoms with van der Waals surface area (Å²) in [5.41, 5.74) is 2.57. The number of pyridine rings is 1. The number of aliphatic carboxylic acids is 1. The van der Waals surface area contributed by atoms with Crippen LogP contribution in [0.2, 0.25) is 0 Å². The van der Waals surface area contributed by atoms with Gasteiger partial charge in [-0.1, -0.05) is 13.8 Å². The first-order valence-electron chi connectivity index (χ1n) is 8.74. The number of anilines is 1. The molecule has 140 valence electrons. The highest BCUT2D eigenvalue weighted by molar-refractivity contribution is 9.10. The molecule has 2 rings (SSSR count). The minimum absolute atomic E-state index is 0.570. The molecule has 0 bridgehead atoms. The SMILES string of the molecule is Cc1nc(C)c(C(OC(C)(C)C)C(=O)O)c(N2CC(C(C)C)C2)c1Br. The molecule has 2 heterocycles. The number of halogens is 1. The van der Waals surface area contributed by atoms with Gasteiger partial charge in [0, 0.05) is 24.3 Å². The number of rotatable bonds is 5. The summed E-state index contributed by atoms with van der Waals surface area (Å²) in [6, 6.07) is 0. The van der Waals surface area contributed by atoms with Crippen LogP contribution in [0.15, 0.2) is 4.47 Å². The van der Waals surface area contributed by atoms with Crippen molar-refractivity contribution in [3.8, 4) is 0 Å². The van der Waals surface area contributed by atoms with Gasteiger partial charge in [0.05, 0.1) is 21.5 Å². The molecule has 1 aliphatic heterocycles. The Bertz CT molecular complexity index is 662. The number of nitrogens with zero attached hydrogens (tertiary/aromatic N) is 2. The molecule has 0 aliphatic carbocycles. The van der Waals surface area contributed by atoms with Gasteiger partial charge in [-0.2, -0.15) is 0 Å². The smallest absolute Gasteiger partial charge is 0.337 e. The highest BCUT2D eigenvalue weighted by atomic mass is 79.9. The zero-order chi connectivity index (χ0) is 19.1. The summed E-state index contributed by atoms with van der Waals surface area (Å²) in [7, 11) is 0. The quantitative estimate of drug-likeness (QED) is 0.771. The van der Waals surface area contributed by atoms with E-state index < -0.39 is 17.7 Å². The normalized spacial score (nSPS) is 16.9. The summed E-state index contributed by atoms with van der Waals surface area (Å²) in [6.07, 6.45) is -1.04. The maximum absolute atomic E-state index is 12.0. The second kappa shape index (κ2) is 7.23. The summed E-state index contributed by atoms with van der Waals surface area (Å²) < 4.78 is 6.77. The molecule has 1 aromatic rings. The molecular formula is C19H29BrN2O3. The number of hydrogen-bond acceptors (Lipinski definition) is 4. The minimum Gasteiger partial charge on any atom is -0.479 e. The molecule has 1 saturated heterocycles. The van der Waals surface area contributed by atoms with Crippen molar-refractivity contribution in [2.45, 2.75) is 60.2 Å². The molecular weight excluding hydrogens is 384 g/mol. The predicted octanol–water partition coefficient (Wildman–Crippen LogP) is 4.49. The summed E-state index contributed by atoms with van der Waals surface area (Å²) in [5, 5.41) is 9.83. The Hall–Kier alpha value is -1.14. The molecule has 0 saturated carbocycles. The first kappa shape index (κ1) is 20.2. The summed E-state index contributed by atoms with van der Waals surface area (Å²) in [5.74, 6) is 0.252. The van der Waals surface area contributed by atoms with Gasteiger partial charge < -0.3 is 14.7 Å². The van der Waals surface area contributed by atoms with Crippen LogP contribution >= 0.6 is 15.9 Å². The van der Waals surface area contributed by atoms with E-state index in [1.165, 1.54) is 0 Å². The summed E-state index contributed by atoms with van der Waals surface area (Å²) >= 11 is 3.64. The molecule has 1 aromatic heterocycles. The van der Waals surface area contributed by atoms with Crippen molar-refractivity contribution in [3.05, 3.63) is 21.4 Å². The maximum atomic E-state index is 12.0. The van der Waals surface area contributed by atoms with Crippen LogP contribution in [0.3, 0.4) is 0 Å². The van der Waals surface area contributed by atoms with Gasteiger partial charge in [0.2, 0.25) is 0 Å². The fourth-order valence-electron chi connectivity index (χ4n) is 3.15. The van der Waals surface area contributed by atoms with Crippen molar-refractivity contribution >= 4 is 27.6 Å². The Kier molecular flexibility index (Phi) is 5.84. The monoisotopic (exact) mass is 412 g/mol. The lowest BCUT2D eigenvalue weighted by Crippen LogP contribution is -2.50. The molecule has 0 spiro atoms. The number of ether oxygens (including phenoxy) is 1. The fourth-order valence-corrected chi connectivity index (χ4v) is 3.70. The van der Waals surface area contributed by atoms with E-state index in [4.69, 9.17) is 4.74 Å². The third-order valence-corrected chi connectivity index (χ3v) is 5.58. The van der Waals surface area contributed by atoms with Gasteiger partial charge in [-0.15, -0.1) is 0 Å². The average molecular weight is 413 g/mol. The largest absolute Gasteiger partial charge is 0.479 e. The molecule has 25 heavy (non-hydrogen) atoms. The van der Waals surface area contributed by atoms with Crippen molar-refractivity contribution in [3.63, 3.8) is 0 Å². The third kappa shape index (κ3) is 4.34. The van der Waals surface area contributed by atoms with Gasteiger partial charge in [-0.25, -0.2) is 4.79 Å². The number of aryl methyl sites for hydroxylation is 2. The molecule has 0 amide bonds. The van der Waals surface area contributed by atoms with Gasteiger partial charge in [-0.05, 0) is 62.4 Å². The van der Waals surface area contributed by atoms with Crippen molar-refractivity contribution < 1.29 is 14.6 Å². The molecule has 6 heteroatoms. The topological polar surface area (TPSA) is 62.7 Å². The van der Waals surface area contributed by atoms with Crippen LogP contribution < -0.4 is 4.90 Å². The highest BCUT2D eigenvalue weighted by Gasteiger charge is 2.38. The molecule has 1 N–H and O–H groups in total. The first-order valence-corrected chi connectivity index (χ1v) is 9.53. The van der Waals surface area contributed by atoms with Crippen LogP contribution in [0.25, 0.3) is 0 Å².